The van der Waals surface area contributed by atoms with Gasteiger partial charge in [-0.15, -0.1) is 0 Å². The smallest absolute Gasteiger partial charge is 0.285 e. The third-order valence-corrected chi connectivity index (χ3v) is 3.78. The average molecular weight is 331 g/mol. The predicted octanol–water partition coefficient (Wildman–Crippen LogP) is 3.60. The van der Waals surface area contributed by atoms with Crippen molar-refractivity contribution in [3.63, 3.8) is 0 Å². The number of pyridine rings is 1. The molecule has 1 aromatic heterocycles. The first-order valence-electron chi connectivity index (χ1n) is 7.44. The summed E-state index contributed by atoms with van der Waals surface area (Å²) in [7, 11) is 1.58. The van der Waals surface area contributed by atoms with Gasteiger partial charge < -0.3 is 4.90 Å². The first-order chi connectivity index (χ1) is 11.3. The minimum Gasteiger partial charge on any atom is -0.334 e. The van der Waals surface area contributed by atoms with Gasteiger partial charge in [-0.25, -0.2) is 4.39 Å². The van der Waals surface area contributed by atoms with E-state index in [0.29, 0.717) is 0 Å². The molecule has 0 bridgehead atoms. The van der Waals surface area contributed by atoms with E-state index >= 15 is 0 Å². The van der Waals surface area contributed by atoms with Crippen molar-refractivity contribution in [3.8, 4) is 0 Å². The van der Waals surface area contributed by atoms with Gasteiger partial charge in [0.05, 0.1) is 17.0 Å². The van der Waals surface area contributed by atoms with Crippen LogP contribution in [0, 0.1) is 21.8 Å². The van der Waals surface area contributed by atoms with Crippen LogP contribution in [0.5, 0.6) is 0 Å². The summed E-state index contributed by atoms with van der Waals surface area (Å²) >= 11 is 0. The number of carbonyl (C=O) groups is 1. The Labute approximate surface area is 139 Å². The number of nitrogens with zero attached hydrogens (tertiary/aromatic N) is 3. The first kappa shape index (κ1) is 17.5. The molecule has 2 rings (SSSR count). The summed E-state index contributed by atoms with van der Waals surface area (Å²) in [4.78, 5) is 28.7. The Balaban J connectivity index is 2.43. The number of amides is 1. The first-order valence-corrected chi connectivity index (χ1v) is 7.44. The zero-order valence-corrected chi connectivity index (χ0v) is 13.6. The molecule has 0 saturated heterocycles. The van der Waals surface area contributed by atoms with Crippen molar-refractivity contribution in [3.05, 3.63) is 69.8 Å². The second kappa shape index (κ2) is 7.16. The highest BCUT2D eigenvalue weighted by Crippen LogP contribution is 2.30. The average Bonchev–Trinajstić information content (AvgIpc) is 2.54. The molecule has 1 amide bonds. The van der Waals surface area contributed by atoms with Crippen LogP contribution in [0.15, 0.2) is 42.7 Å². The summed E-state index contributed by atoms with van der Waals surface area (Å²) in [6, 6.07) is 6.25. The van der Waals surface area contributed by atoms with Crippen LogP contribution in [-0.2, 0) is 0 Å². The molecule has 0 aliphatic rings. The molecule has 0 radical (unpaired) electrons. The minimum absolute atomic E-state index is 0.0580. The second-order valence-electron chi connectivity index (χ2n) is 5.81. The molecule has 1 atom stereocenters. The molecule has 7 heteroatoms. The lowest BCUT2D eigenvalue weighted by Gasteiger charge is -2.31. The maximum atomic E-state index is 13.3. The van der Waals surface area contributed by atoms with Gasteiger partial charge in [0.2, 0.25) is 0 Å². The topological polar surface area (TPSA) is 76.3 Å². The highest BCUT2D eigenvalue weighted by Gasteiger charge is 2.30. The lowest BCUT2D eigenvalue weighted by molar-refractivity contribution is -0.385. The number of rotatable bonds is 5. The molecular weight excluding hydrogens is 313 g/mol. The maximum absolute atomic E-state index is 13.3. The van der Waals surface area contributed by atoms with Crippen LogP contribution in [0.4, 0.5) is 10.1 Å². The van der Waals surface area contributed by atoms with Crippen molar-refractivity contribution in [2.75, 3.05) is 7.05 Å². The van der Waals surface area contributed by atoms with Crippen LogP contribution < -0.4 is 0 Å². The Morgan fingerprint density at radius 3 is 2.58 bits per heavy atom. The summed E-state index contributed by atoms with van der Waals surface area (Å²) in [6.45, 7) is 3.89. The number of nitro benzene ring substituents is 1. The van der Waals surface area contributed by atoms with Crippen molar-refractivity contribution >= 4 is 11.6 Å². The van der Waals surface area contributed by atoms with Gasteiger partial charge in [0.15, 0.2) is 0 Å². The third-order valence-electron chi connectivity index (χ3n) is 3.78. The number of hydrogen-bond acceptors (Lipinski definition) is 4. The van der Waals surface area contributed by atoms with E-state index in [1.165, 1.54) is 4.90 Å². The Hall–Kier alpha value is -2.83. The lowest BCUT2D eigenvalue weighted by Crippen LogP contribution is -2.34. The largest absolute Gasteiger partial charge is 0.334 e. The van der Waals surface area contributed by atoms with Crippen molar-refractivity contribution in [1.82, 2.24) is 9.88 Å². The fourth-order valence-corrected chi connectivity index (χ4v) is 2.76. The molecule has 24 heavy (non-hydrogen) atoms. The lowest BCUT2D eigenvalue weighted by atomic mass is 9.95. The van der Waals surface area contributed by atoms with Crippen LogP contribution in [-0.4, -0.2) is 27.8 Å². The van der Waals surface area contributed by atoms with E-state index in [1.54, 1.807) is 25.5 Å². The van der Waals surface area contributed by atoms with Gasteiger partial charge in [0.1, 0.15) is 11.4 Å². The van der Waals surface area contributed by atoms with E-state index in [2.05, 4.69) is 4.98 Å². The molecule has 6 nitrogen and oxygen atoms in total. The summed E-state index contributed by atoms with van der Waals surface area (Å²) in [5, 5.41) is 11.1. The van der Waals surface area contributed by atoms with Crippen LogP contribution in [0.2, 0.25) is 0 Å². The highest BCUT2D eigenvalue weighted by atomic mass is 19.1. The van der Waals surface area contributed by atoms with Gasteiger partial charge in [0.25, 0.3) is 11.6 Å². The van der Waals surface area contributed by atoms with E-state index in [-0.39, 0.29) is 17.5 Å². The van der Waals surface area contributed by atoms with E-state index < -0.39 is 22.3 Å². The zero-order valence-electron chi connectivity index (χ0n) is 13.6. The van der Waals surface area contributed by atoms with Gasteiger partial charge in [-0.3, -0.25) is 19.9 Å². The number of halogens is 1. The Kier molecular flexibility index (Phi) is 5.23. The van der Waals surface area contributed by atoms with Crippen molar-refractivity contribution in [2.24, 2.45) is 5.92 Å². The summed E-state index contributed by atoms with van der Waals surface area (Å²) in [5.41, 5.74) is 0.145. The molecule has 1 heterocycles. The van der Waals surface area contributed by atoms with E-state index in [1.807, 2.05) is 19.9 Å². The fraction of sp³-hybridized carbons (Fsp3) is 0.294. The molecule has 0 aliphatic carbocycles. The maximum Gasteiger partial charge on any atom is 0.285 e. The Morgan fingerprint density at radius 1 is 1.33 bits per heavy atom. The van der Waals surface area contributed by atoms with E-state index in [4.69, 9.17) is 0 Å². The molecule has 126 valence electrons. The SMILES string of the molecule is CC(C)[C@@H](c1cccnc1)N(C)C(=O)c1ccc(F)cc1[N+](=O)[O-]. The molecule has 0 aliphatic heterocycles. The number of carbonyl (C=O) groups excluding carboxylic acids is 1. The number of nitro groups is 1. The summed E-state index contributed by atoms with van der Waals surface area (Å²) in [5.74, 6) is -1.24. The van der Waals surface area contributed by atoms with Gasteiger partial charge in [-0.05, 0) is 29.7 Å². The van der Waals surface area contributed by atoms with Crippen molar-refractivity contribution in [1.29, 1.82) is 0 Å². The van der Waals surface area contributed by atoms with Crippen molar-refractivity contribution in [2.45, 2.75) is 19.9 Å². The minimum atomic E-state index is -0.756. The Bertz CT molecular complexity index is 750. The van der Waals surface area contributed by atoms with Crippen LogP contribution in [0.3, 0.4) is 0 Å². The van der Waals surface area contributed by atoms with E-state index in [9.17, 15) is 19.3 Å². The standard InChI is InChI=1S/C17H18FN3O3/c1-11(2)16(12-5-4-8-19-10-12)20(3)17(22)14-7-6-13(18)9-15(14)21(23)24/h4-11,16H,1-3H3/t16-/m0/s1. The van der Waals surface area contributed by atoms with Gasteiger partial charge >= 0.3 is 0 Å². The molecule has 0 N–H and O–H groups in total. The third kappa shape index (κ3) is 3.56. The number of benzene rings is 1. The number of hydrogen-bond donors (Lipinski definition) is 0. The fourth-order valence-electron chi connectivity index (χ4n) is 2.76. The molecule has 0 spiro atoms. The van der Waals surface area contributed by atoms with Gasteiger partial charge in [-0.1, -0.05) is 19.9 Å². The van der Waals surface area contributed by atoms with E-state index in [0.717, 1.165) is 23.8 Å². The van der Waals surface area contributed by atoms with Crippen LogP contribution in [0.25, 0.3) is 0 Å². The molecule has 0 fully saturated rings. The second-order valence-corrected chi connectivity index (χ2v) is 5.81. The van der Waals surface area contributed by atoms with Gasteiger partial charge in [0, 0.05) is 19.4 Å². The highest BCUT2D eigenvalue weighted by molar-refractivity contribution is 5.98. The van der Waals surface area contributed by atoms with Gasteiger partial charge in [-0.2, -0.15) is 0 Å². The monoisotopic (exact) mass is 331 g/mol. The quantitative estimate of drug-likeness (QED) is 0.619. The molecule has 1 aromatic carbocycles. The predicted molar refractivity (Wildman–Crippen MR) is 87.0 cm³/mol. The molecular formula is C17H18FN3O3. The summed E-state index contributed by atoms with van der Waals surface area (Å²) < 4.78 is 13.3. The van der Waals surface area contributed by atoms with Crippen molar-refractivity contribution < 1.29 is 14.1 Å². The molecule has 0 unspecified atom stereocenters. The van der Waals surface area contributed by atoms with Crippen LogP contribution in [0.1, 0.15) is 35.8 Å². The normalized spacial score (nSPS) is 12.0. The molecule has 2 aromatic rings. The Morgan fingerprint density at radius 2 is 2.04 bits per heavy atom. The van der Waals surface area contributed by atoms with Crippen LogP contribution >= 0.6 is 0 Å². The summed E-state index contributed by atoms with van der Waals surface area (Å²) in [6.07, 6.45) is 3.29. The number of aromatic nitrogens is 1. The molecule has 0 saturated carbocycles. The zero-order chi connectivity index (χ0) is 17.9.